The van der Waals surface area contributed by atoms with Crippen molar-refractivity contribution in [2.75, 3.05) is 11.5 Å². The molecule has 6 nitrogen and oxygen atoms in total. The van der Waals surface area contributed by atoms with Gasteiger partial charge in [-0.05, 0) is 12.8 Å². The van der Waals surface area contributed by atoms with Crippen molar-refractivity contribution in [3.8, 4) is 0 Å². The average Bonchev–Trinajstić information content (AvgIpc) is 2.92. The van der Waals surface area contributed by atoms with E-state index in [1.54, 1.807) is 0 Å². The third-order valence-electron chi connectivity index (χ3n) is 8.00. The molecule has 0 saturated carbocycles. The first-order chi connectivity index (χ1) is 20.1. The summed E-state index contributed by atoms with van der Waals surface area (Å²) >= 11 is 0. The fraction of sp³-hybridized carbons (Fsp3) is 1.00. The summed E-state index contributed by atoms with van der Waals surface area (Å²) in [6, 6.07) is 0. The minimum atomic E-state index is -3.99. The smallest absolute Gasteiger partial charge is 0.748 e. The first-order valence-electron chi connectivity index (χ1n) is 18.0. The third kappa shape index (κ3) is 52.9. The molecular weight excluding hydrogens is 609 g/mol. The van der Waals surface area contributed by atoms with E-state index in [9.17, 15) is 25.9 Å². The maximum absolute atomic E-state index is 10.4. The second-order valence-electron chi connectivity index (χ2n) is 12.4. The molecular formula is C34H70CaO6S2. The molecule has 0 aromatic carbocycles. The van der Waals surface area contributed by atoms with Crippen LogP contribution in [0, 0.1) is 0 Å². The maximum Gasteiger partial charge on any atom is 2.00 e. The van der Waals surface area contributed by atoms with Gasteiger partial charge in [0, 0.05) is 11.5 Å². The second kappa shape index (κ2) is 37.5. The summed E-state index contributed by atoms with van der Waals surface area (Å²) in [6.07, 6.45) is 37.2. The zero-order valence-corrected chi connectivity index (χ0v) is 32.4. The van der Waals surface area contributed by atoms with Crippen LogP contribution in [0.4, 0.5) is 0 Å². The van der Waals surface area contributed by atoms with Crippen molar-refractivity contribution in [1.29, 1.82) is 0 Å². The molecule has 0 amide bonds. The maximum atomic E-state index is 10.4. The second-order valence-corrected chi connectivity index (χ2v) is 15.5. The van der Waals surface area contributed by atoms with Gasteiger partial charge < -0.3 is 9.11 Å². The zero-order chi connectivity index (χ0) is 31.6. The van der Waals surface area contributed by atoms with Crippen molar-refractivity contribution in [2.45, 2.75) is 206 Å². The van der Waals surface area contributed by atoms with Gasteiger partial charge in [-0.25, -0.2) is 16.8 Å². The Kier molecular flexibility index (Phi) is 42.3. The van der Waals surface area contributed by atoms with Crippen molar-refractivity contribution in [3.63, 3.8) is 0 Å². The van der Waals surface area contributed by atoms with E-state index < -0.39 is 20.2 Å². The Hall–Kier alpha value is 1.08. The van der Waals surface area contributed by atoms with Crippen molar-refractivity contribution in [2.24, 2.45) is 0 Å². The Morgan fingerprint density at radius 2 is 0.442 bits per heavy atom. The van der Waals surface area contributed by atoms with Crippen LogP contribution >= 0.6 is 0 Å². The molecule has 0 bridgehead atoms. The van der Waals surface area contributed by atoms with Crippen molar-refractivity contribution < 1.29 is 25.9 Å². The monoisotopic (exact) mass is 678 g/mol. The van der Waals surface area contributed by atoms with Gasteiger partial charge in [-0.1, -0.05) is 194 Å². The summed E-state index contributed by atoms with van der Waals surface area (Å²) in [5.41, 5.74) is 0. The molecule has 0 N–H and O–H groups in total. The van der Waals surface area contributed by atoms with Crippen LogP contribution in [0.2, 0.25) is 0 Å². The molecule has 0 spiro atoms. The molecule has 0 saturated heterocycles. The fourth-order valence-corrected chi connectivity index (χ4v) is 6.42. The number of rotatable bonds is 32. The SMILES string of the molecule is CCCCCCCCCCCCCCCCCS(=O)(=O)[O-].CCCCCCCCCCCCCCCCCS(=O)(=O)[O-].[Ca+2]. The van der Waals surface area contributed by atoms with E-state index in [0.29, 0.717) is 12.8 Å². The van der Waals surface area contributed by atoms with Crippen molar-refractivity contribution in [3.05, 3.63) is 0 Å². The van der Waals surface area contributed by atoms with Gasteiger partial charge in [-0.3, -0.25) is 0 Å². The van der Waals surface area contributed by atoms with Gasteiger partial charge in [0.05, 0.1) is 20.2 Å². The standard InChI is InChI=1S/2C17H36O3S.Ca/c2*1-2-3-4-5-6-7-8-9-10-11-12-13-14-15-16-17-21(18,19)20;/h2*2-17H2,1H3,(H,18,19,20);/q;;+2/p-2. The molecule has 0 heterocycles. The van der Waals surface area contributed by atoms with E-state index in [-0.39, 0.29) is 49.2 Å². The van der Waals surface area contributed by atoms with Gasteiger partial charge in [0.25, 0.3) is 0 Å². The average molecular weight is 679 g/mol. The van der Waals surface area contributed by atoms with Gasteiger partial charge in [-0.2, -0.15) is 0 Å². The molecule has 0 aliphatic carbocycles. The summed E-state index contributed by atoms with van der Waals surface area (Å²) in [4.78, 5) is 0. The molecule has 43 heavy (non-hydrogen) atoms. The molecule has 0 radical (unpaired) electrons. The topological polar surface area (TPSA) is 114 Å². The van der Waals surface area contributed by atoms with Crippen LogP contribution in [0.25, 0.3) is 0 Å². The Balaban J connectivity index is -0.000000727. The molecule has 256 valence electrons. The molecule has 9 heteroatoms. The van der Waals surface area contributed by atoms with Crippen LogP contribution in [-0.2, 0) is 20.2 Å². The van der Waals surface area contributed by atoms with E-state index in [1.807, 2.05) is 0 Å². The van der Waals surface area contributed by atoms with Crippen LogP contribution in [0.1, 0.15) is 206 Å². The molecule has 0 aliphatic rings. The van der Waals surface area contributed by atoms with Crippen LogP contribution < -0.4 is 0 Å². The van der Waals surface area contributed by atoms with Gasteiger partial charge in [0.15, 0.2) is 0 Å². The summed E-state index contributed by atoms with van der Waals surface area (Å²) in [7, 11) is -7.98. The van der Waals surface area contributed by atoms with Crippen LogP contribution in [-0.4, -0.2) is 75.2 Å². The number of unbranched alkanes of at least 4 members (excludes halogenated alkanes) is 28. The minimum absolute atomic E-state index is 0. The third-order valence-corrected chi connectivity index (χ3v) is 9.57. The molecule has 0 aliphatic heterocycles. The van der Waals surface area contributed by atoms with Crippen LogP contribution in [0.5, 0.6) is 0 Å². The normalized spacial score (nSPS) is 11.6. The zero-order valence-electron chi connectivity index (χ0n) is 28.6. The molecule has 0 rings (SSSR count). The van der Waals surface area contributed by atoms with Gasteiger partial charge in [0.1, 0.15) is 0 Å². The Morgan fingerprint density at radius 1 is 0.302 bits per heavy atom. The van der Waals surface area contributed by atoms with E-state index in [1.165, 1.54) is 154 Å². The van der Waals surface area contributed by atoms with E-state index >= 15 is 0 Å². The Labute approximate surface area is 299 Å². The molecule has 0 fully saturated rings. The summed E-state index contributed by atoms with van der Waals surface area (Å²) in [6.45, 7) is 4.51. The first-order valence-corrected chi connectivity index (χ1v) is 21.1. The predicted molar refractivity (Wildman–Crippen MR) is 185 cm³/mol. The summed E-state index contributed by atoms with van der Waals surface area (Å²) in [5, 5.41) is 0. The van der Waals surface area contributed by atoms with Crippen LogP contribution in [0.3, 0.4) is 0 Å². The van der Waals surface area contributed by atoms with Gasteiger partial charge >= 0.3 is 37.7 Å². The van der Waals surface area contributed by atoms with Gasteiger partial charge in [-0.15, -0.1) is 0 Å². The number of hydrogen-bond acceptors (Lipinski definition) is 6. The van der Waals surface area contributed by atoms with E-state index in [2.05, 4.69) is 13.8 Å². The van der Waals surface area contributed by atoms with Crippen LogP contribution in [0.15, 0.2) is 0 Å². The van der Waals surface area contributed by atoms with E-state index in [0.717, 1.165) is 25.7 Å². The summed E-state index contributed by atoms with van der Waals surface area (Å²) in [5.74, 6) is -0.378. The van der Waals surface area contributed by atoms with E-state index in [4.69, 9.17) is 0 Å². The quantitative estimate of drug-likeness (QED) is 0.0397. The Morgan fingerprint density at radius 3 is 0.581 bits per heavy atom. The largest absolute Gasteiger partial charge is 2.00 e. The number of hydrogen-bond donors (Lipinski definition) is 0. The molecule has 0 aromatic heterocycles. The molecule has 0 unspecified atom stereocenters. The minimum Gasteiger partial charge on any atom is -0.748 e. The Bertz CT molecular complexity index is 667. The first kappa shape index (κ1) is 48.5. The molecule has 0 aromatic rings. The van der Waals surface area contributed by atoms with Crippen molar-refractivity contribution >= 4 is 58.0 Å². The molecule has 0 atom stereocenters. The summed E-state index contributed by atoms with van der Waals surface area (Å²) < 4.78 is 62.5. The van der Waals surface area contributed by atoms with Crippen molar-refractivity contribution in [1.82, 2.24) is 0 Å². The predicted octanol–water partition coefficient (Wildman–Crippen LogP) is 10.4. The fourth-order valence-electron chi connectivity index (χ4n) is 5.30. The van der Waals surface area contributed by atoms with Gasteiger partial charge in [0.2, 0.25) is 0 Å².